The molecule has 2 aromatic rings. The van der Waals surface area contributed by atoms with Crippen LogP contribution < -0.4 is 4.74 Å². The fourth-order valence-corrected chi connectivity index (χ4v) is 7.96. The highest BCUT2D eigenvalue weighted by Crippen LogP contribution is 2.68. The molecule has 2 bridgehead atoms. The van der Waals surface area contributed by atoms with Crippen molar-refractivity contribution >= 4 is 5.78 Å². The first-order valence-corrected chi connectivity index (χ1v) is 11.5. The van der Waals surface area contributed by atoms with Crippen LogP contribution in [0.15, 0.2) is 36.4 Å². The van der Waals surface area contributed by atoms with Crippen LogP contribution in [0.2, 0.25) is 0 Å². The Bertz CT molecular complexity index is 1160. The van der Waals surface area contributed by atoms with Gasteiger partial charge in [0, 0.05) is 17.0 Å². The monoisotopic (exact) mass is 417 g/mol. The second kappa shape index (κ2) is 5.51. The predicted molar refractivity (Wildman–Crippen MR) is 114 cm³/mol. The van der Waals surface area contributed by atoms with E-state index >= 15 is 0 Å². The molecule has 1 saturated carbocycles. The number of carbonyl (C=O) groups excluding carboxylic acids is 1. The molecule has 2 fully saturated rings. The molecule has 2 aliphatic heterocycles. The lowest BCUT2D eigenvalue weighted by Crippen LogP contribution is -2.79. The van der Waals surface area contributed by atoms with Crippen LogP contribution in [-0.2, 0) is 29.5 Å². The van der Waals surface area contributed by atoms with Crippen molar-refractivity contribution in [1.82, 2.24) is 4.90 Å². The minimum Gasteiger partial charge on any atom is -0.504 e. The third-order valence-electron chi connectivity index (χ3n) is 9.37. The van der Waals surface area contributed by atoms with Crippen molar-refractivity contribution in [3.8, 4) is 11.5 Å². The predicted octanol–water partition coefficient (Wildman–Crippen LogP) is 2.53. The number of phenols is 1. The smallest absolute Gasteiger partial charge is 0.180 e. The second-order valence-corrected chi connectivity index (χ2v) is 10.6. The van der Waals surface area contributed by atoms with E-state index in [9.17, 15) is 15.0 Å². The molecular formula is C26H27NO4. The number of aromatic hydroxyl groups is 1. The molecule has 3 aliphatic carbocycles. The summed E-state index contributed by atoms with van der Waals surface area (Å²) in [5.41, 5.74) is 2.10. The molecule has 1 saturated heterocycles. The first-order chi connectivity index (χ1) is 14.9. The van der Waals surface area contributed by atoms with E-state index < -0.39 is 22.5 Å². The SMILES string of the molecule is CN1CC[C@]23c4c5ccc(O)c4O[C@H]2C(=O)[C@@]2(CCc4ccccc4C2)C[C@@]3(O)[C@@H]1C5. The number of phenolic OH excluding ortho intramolecular Hbond substituents is 1. The average molecular weight is 418 g/mol. The van der Waals surface area contributed by atoms with Crippen LogP contribution in [0, 0.1) is 5.41 Å². The molecule has 2 spiro atoms. The van der Waals surface area contributed by atoms with Crippen molar-refractivity contribution in [2.24, 2.45) is 5.41 Å². The van der Waals surface area contributed by atoms with E-state index in [2.05, 4.69) is 30.1 Å². The number of piperidine rings is 1. The standard InChI is InChI=1S/C26H27NO4/c1-27-11-10-25-20-16-6-7-18(28)21(20)31-23(25)22(29)24(14-26(25,30)19(27)12-16)9-8-15-4-2-3-5-17(15)13-24/h2-7,19,23,28,30H,8-14H2,1H3/t19-,23-,24+,25-,26+/m0/s1. The molecule has 2 heterocycles. The molecule has 5 atom stereocenters. The maximum Gasteiger partial charge on any atom is 0.180 e. The zero-order chi connectivity index (χ0) is 21.2. The number of benzene rings is 2. The van der Waals surface area contributed by atoms with E-state index in [0.29, 0.717) is 31.4 Å². The van der Waals surface area contributed by atoms with Crippen molar-refractivity contribution in [1.29, 1.82) is 0 Å². The van der Waals surface area contributed by atoms with Crippen LogP contribution in [0.1, 0.15) is 41.5 Å². The summed E-state index contributed by atoms with van der Waals surface area (Å²) in [6, 6.07) is 12.0. The van der Waals surface area contributed by atoms with Gasteiger partial charge in [-0.05, 0) is 74.9 Å². The van der Waals surface area contributed by atoms with Gasteiger partial charge >= 0.3 is 0 Å². The zero-order valence-electron chi connectivity index (χ0n) is 17.7. The first-order valence-electron chi connectivity index (χ1n) is 11.5. The molecule has 5 heteroatoms. The molecule has 2 aromatic carbocycles. The van der Waals surface area contributed by atoms with Gasteiger partial charge in [0.15, 0.2) is 23.4 Å². The van der Waals surface area contributed by atoms with Gasteiger partial charge in [-0.1, -0.05) is 30.3 Å². The van der Waals surface area contributed by atoms with Crippen molar-refractivity contribution in [2.75, 3.05) is 13.6 Å². The third kappa shape index (κ3) is 1.90. The number of aryl methyl sites for hydroxylation is 1. The third-order valence-corrected chi connectivity index (χ3v) is 9.37. The number of rotatable bonds is 0. The van der Waals surface area contributed by atoms with Gasteiger partial charge in [-0.15, -0.1) is 0 Å². The van der Waals surface area contributed by atoms with Gasteiger partial charge in [0.1, 0.15) is 0 Å². The summed E-state index contributed by atoms with van der Waals surface area (Å²) in [6.45, 7) is 0.810. The first kappa shape index (κ1) is 18.2. The molecule has 31 heavy (non-hydrogen) atoms. The molecule has 160 valence electrons. The van der Waals surface area contributed by atoms with Gasteiger partial charge in [0.05, 0.1) is 11.0 Å². The molecular weight excluding hydrogens is 390 g/mol. The number of Topliss-reactive ketones (excluding diaryl/α,β-unsaturated/α-hetero) is 1. The Labute approximate surface area is 181 Å². The normalized spacial score (nSPS) is 39.7. The Morgan fingerprint density at radius 2 is 1.90 bits per heavy atom. The molecule has 0 aromatic heterocycles. The lowest BCUT2D eigenvalue weighted by Gasteiger charge is -2.65. The second-order valence-electron chi connectivity index (χ2n) is 10.6. The van der Waals surface area contributed by atoms with Gasteiger partial charge < -0.3 is 19.8 Å². The lowest BCUT2D eigenvalue weighted by atomic mass is 9.43. The number of fused-ring (bicyclic) bond motifs is 1. The van der Waals surface area contributed by atoms with Crippen molar-refractivity contribution < 1.29 is 19.7 Å². The van der Waals surface area contributed by atoms with Gasteiger partial charge in [-0.2, -0.15) is 0 Å². The number of likely N-dealkylation sites (N-methyl/N-ethyl adjacent to an activating group) is 1. The average Bonchev–Trinajstić information content (AvgIpc) is 3.12. The van der Waals surface area contributed by atoms with Crippen molar-refractivity contribution in [3.05, 3.63) is 58.7 Å². The molecule has 5 nitrogen and oxygen atoms in total. The van der Waals surface area contributed by atoms with Gasteiger partial charge in [-0.3, -0.25) is 4.79 Å². The van der Waals surface area contributed by atoms with Crippen LogP contribution in [-0.4, -0.2) is 52.2 Å². The van der Waals surface area contributed by atoms with Gasteiger partial charge in [-0.25, -0.2) is 0 Å². The molecule has 0 amide bonds. The quantitative estimate of drug-likeness (QED) is 0.690. The minimum absolute atomic E-state index is 0.0579. The number of likely N-dealkylation sites (tertiary alicyclic amines) is 1. The van der Waals surface area contributed by atoms with Gasteiger partial charge in [0.2, 0.25) is 0 Å². The molecule has 2 N–H and O–H groups in total. The number of hydrogen-bond acceptors (Lipinski definition) is 5. The Balaban J connectivity index is 1.46. The van der Waals surface area contributed by atoms with E-state index in [1.807, 2.05) is 12.1 Å². The summed E-state index contributed by atoms with van der Waals surface area (Å²) in [4.78, 5) is 16.5. The van der Waals surface area contributed by atoms with Crippen LogP contribution >= 0.6 is 0 Å². The van der Waals surface area contributed by atoms with E-state index in [4.69, 9.17) is 4.74 Å². The molecule has 0 radical (unpaired) electrons. The summed E-state index contributed by atoms with van der Waals surface area (Å²) in [5, 5.41) is 23.2. The topological polar surface area (TPSA) is 70.0 Å². The molecule has 0 unspecified atom stereocenters. The fraction of sp³-hybridized carbons (Fsp3) is 0.500. The van der Waals surface area contributed by atoms with E-state index in [1.165, 1.54) is 11.1 Å². The number of aliphatic hydroxyl groups is 1. The number of hydrogen-bond donors (Lipinski definition) is 2. The van der Waals surface area contributed by atoms with E-state index in [1.54, 1.807) is 6.07 Å². The highest BCUT2D eigenvalue weighted by molar-refractivity contribution is 5.95. The summed E-state index contributed by atoms with van der Waals surface area (Å²) in [5.74, 6) is 0.641. The maximum atomic E-state index is 14.2. The number of ether oxygens (including phenoxy) is 1. The largest absolute Gasteiger partial charge is 0.504 e. The summed E-state index contributed by atoms with van der Waals surface area (Å²) in [7, 11) is 2.09. The van der Waals surface area contributed by atoms with E-state index in [0.717, 1.165) is 30.5 Å². The Hall–Kier alpha value is -2.37. The van der Waals surface area contributed by atoms with Crippen LogP contribution in [0.25, 0.3) is 0 Å². The maximum absolute atomic E-state index is 14.2. The van der Waals surface area contributed by atoms with Crippen LogP contribution in [0.3, 0.4) is 0 Å². The van der Waals surface area contributed by atoms with Crippen molar-refractivity contribution in [3.63, 3.8) is 0 Å². The number of carbonyl (C=O) groups is 1. The van der Waals surface area contributed by atoms with Crippen LogP contribution in [0.4, 0.5) is 0 Å². The minimum atomic E-state index is -1.06. The Morgan fingerprint density at radius 1 is 1.10 bits per heavy atom. The summed E-state index contributed by atoms with van der Waals surface area (Å²) in [6.07, 6.45) is 3.38. The Kier molecular flexibility index (Phi) is 3.24. The van der Waals surface area contributed by atoms with Gasteiger partial charge in [0.25, 0.3) is 0 Å². The lowest BCUT2D eigenvalue weighted by molar-refractivity contribution is -0.208. The molecule has 5 aliphatic rings. The number of ketones is 1. The number of nitrogens with zero attached hydrogens (tertiary/aromatic N) is 1. The van der Waals surface area contributed by atoms with Crippen LogP contribution in [0.5, 0.6) is 11.5 Å². The fourth-order valence-electron chi connectivity index (χ4n) is 7.96. The summed E-state index contributed by atoms with van der Waals surface area (Å²) < 4.78 is 6.36. The summed E-state index contributed by atoms with van der Waals surface area (Å²) >= 11 is 0. The highest BCUT2D eigenvalue weighted by Gasteiger charge is 2.76. The Morgan fingerprint density at radius 3 is 2.74 bits per heavy atom. The highest BCUT2D eigenvalue weighted by atomic mass is 16.5. The zero-order valence-corrected chi connectivity index (χ0v) is 17.7. The van der Waals surface area contributed by atoms with Crippen molar-refractivity contribution in [2.45, 2.75) is 61.7 Å². The molecule has 7 rings (SSSR count). The van der Waals surface area contributed by atoms with E-state index in [-0.39, 0.29) is 17.6 Å².